The van der Waals surface area contributed by atoms with E-state index in [-0.39, 0.29) is 6.04 Å². The van der Waals surface area contributed by atoms with Crippen molar-refractivity contribution in [2.75, 3.05) is 13.2 Å². The standard InChI is InChI=1S/C9H16N2O2/c1-3-12-6-9(11-10)8-4-7(2)13-5-8/h4-5,9,11H,3,6,10H2,1-2H3. The molecule has 0 aromatic carbocycles. The zero-order chi connectivity index (χ0) is 9.68. The smallest absolute Gasteiger partial charge is 0.101 e. The highest BCUT2D eigenvalue weighted by Gasteiger charge is 2.11. The summed E-state index contributed by atoms with van der Waals surface area (Å²) in [5.41, 5.74) is 3.70. The number of hydrogen-bond donors (Lipinski definition) is 2. The van der Waals surface area contributed by atoms with Crippen molar-refractivity contribution < 1.29 is 9.15 Å². The lowest BCUT2D eigenvalue weighted by atomic mass is 10.1. The fourth-order valence-corrected chi connectivity index (χ4v) is 1.12. The summed E-state index contributed by atoms with van der Waals surface area (Å²) in [5, 5.41) is 0. The Morgan fingerprint density at radius 1 is 1.69 bits per heavy atom. The van der Waals surface area contributed by atoms with Gasteiger partial charge in [-0.25, -0.2) is 0 Å². The van der Waals surface area contributed by atoms with E-state index in [1.54, 1.807) is 6.26 Å². The zero-order valence-electron chi connectivity index (χ0n) is 8.04. The number of furan rings is 1. The van der Waals surface area contributed by atoms with Crippen LogP contribution in [0.25, 0.3) is 0 Å². The molecule has 0 amide bonds. The van der Waals surface area contributed by atoms with Gasteiger partial charge in [-0.1, -0.05) is 0 Å². The fraction of sp³-hybridized carbons (Fsp3) is 0.556. The number of ether oxygens (including phenoxy) is 1. The van der Waals surface area contributed by atoms with Gasteiger partial charge in [0.25, 0.3) is 0 Å². The molecule has 4 nitrogen and oxygen atoms in total. The van der Waals surface area contributed by atoms with E-state index < -0.39 is 0 Å². The number of nitrogens with one attached hydrogen (secondary N) is 1. The van der Waals surface area contributed by atoms with Gasteiger partial charge < -0.3 is 9.15 Å². The SMILES string of the molecule is CCOCC(NN)c1coc(C)c1. The summed E-state index contributed by atoms with van der Waals surface area (Å²) in [6, 6.07) is 1.96. The van der Waals surface area contributed by atoms with Crippen LogP contribution in [0, 0.1) is 6.92 Å². The van der Waals surface area contributed by atoms with Crippen molar-refractivity contribution in [3.05, 3.63) is 23.7 Å². The minimum absolute atomic E-state index is 0.0115. The van der Waals surface area contributed by atoms with Gasteiger partial charge in [-0.15, -0.1) is 0 Å². The number of aryl methyl sites for hydroxylation is 1. The minimum atomic E-state index is 0.0115. The Morgan fingerprint density at radius 2 is 2.46 bits per heavy atom. The van der Waals surface area contributed by atoms with Crippen LogP contribution in [0.4, 0.5) is 0 Å². The van der Waals surface area contributed by atoms with Gasteiger partial charge in [-0.3, -0.25) is 11.3 Å². The molecule has 0 aliphatic heterocycles. The van der Waals surface area contributed by atoms with Gasteiger partial charge in [0, 0.05) is 12.2 Å². The molecule has 0 saturated heterocycles. The molecule has 1 unspecified atom stereocenters. The summed E-state index contributed by atoms with van der Waals surface area (Å²) in [6.45, 7) is 5.10. The molecule has 74 valence electrons. The van der Waals surface area contributed by atoms with Crippen molar-refractivity contribution in [1.29, 1.82) is 0 Å². The third kappa shape index (κ3) is 2.84. The summed E-state index contributed by atoms with van der Waals surface area (Å²) in [5.74, 6) is 6.26. The first-order chi connectivity index (χ1) is 6.27. The number of rotatable bonds is 5. The molecule has 0 aliphatic carbocycles. The van der Waals surface area contributed by atoms with E-state index in [1.807, 2.05) is 19.9 Å². The number of hydrogen-bond acceptors (Lipinski definition) is 4. The van der Waals surface area contributed by atoms with Crippen LogP contribution in [-0.4, -0.2) is 13.2 Å². The van der Waals surface area contributed by atoms with Crippen LogP contribution in [-0.2, 0) is 4.74 Å². The van der Waals surface area contributed by atoms with Crippen LogP contribution in [0.3, 0.4) is 0 Å². The maximum absolute atomic E-state index is 5.38. The van der Waals surface area contributed by atoms with Gasteiger partial charge in [0.05, 0.1) is 18.9 Å². The van der Waals surface area contributed by atoms with Crippen molar-refractivity contribution in [3.63, 3.8) is 0 Å². The van der Waals surface area contributed by atoms with Crippen molar-refractivity contribution in [2.45, 2.75) is 19.9 Å². The Morgan fingerprint density at radius 3 is 2.92 bits per heavy atom. The lowest BCUT2D eigenvalue weighted by molar-refractivity contribution is 0.123. The second-order valence-electron chi connectivity index (χ2n) is 2.87. The largest absolute Gasteiger partial charge is 0.469 e. The molecule has 1 heterocycles. The van der Waals surface area contributed by atoms with E-state index in [1.165, 1.54) is 0 Å². The Labute approximate surface area is 78.0 Å². The molecule has 0 fully saturated rings. The lowest BCUT2D eigenvalue weighted by Crippen LogP contribution is -2.31. The van der Waals surface area contributed by atoms with Gasteiger partial charge in [0.2, 0.25) is 0 Å². The molecule has 0 aliphatic rings. The van der Waals surface area contributed by atoms with E-state index in [4.69, 9.17) is 15.0 Å². The molecule has 1 aromatic rings. The van der Waals surface area contributed by atoms with Crippen molar-refractivity contribution >= 4 is 0 Å². The van der Waals surface area contributed by atoms with Crippen LogP contribution in [0.15, 0.2) is 16.7 Å². The van der Waals surface area contributed by atoms with Crippen LogP contribution in [0.2, 0.25) is 0 Å². The maximum atomic E-state index is 5.38. The highest BCUT2D eigenvalue weighted by atomic mass is 16.5. The van der Waals surface area contributed by atoms with Gasteiger partial charge in [-0.05, 0) is 19.9 Å². The normalized spacial score (nSPS) is 13.2. The molecule has 1 rings (SSSR count). The van der Waals surface area contributed by atoms with E-state index in [0.29, 0.717) is 13.2 Å². The van der Waals surface area contributed by atoms with Crippen LogP contribution in [0.1, 0.15) is 24.3 Å². The topological polar surface area (TPSA) is 60.4 Å². The average Bonchev–Trinajstić information content (AvgIpc) is 2.54. The second-order valence-corrected chi connectivity index (χ2v) is 2.87. The van der Waals surface area contributed by atoms with E-state index >= 15 is 0 Å². The summed E-state index contributed by atoms with van der Waals surface area (Å²) in [4.78, 5) is 0. The van der Waals surface area contributed by atoms with Gasteiger partial charge >= 0.3 is 0 Å². The predicted octanol–water partition coefficient (Wildman–Crippen LogP) is 1.13. The molecule has 13 heavy (non-hydrogen) atoms. The van der Waals surface area contributed by atoms with Crippen molar-refractivity contribution in [1.82, 2.24) is 5.43 Å². The summed E-state index contributed by atoms with van der Waals surface area (Å²) in [7, 11) is 0. The summed E-state index contributed by atoms with van der Waals surface area (Å²) >= 11 is 0. The molecule has 1 aromatic heterocycles. The van der Waals surface area contributed by atoms with Crippen LogP contribution >= 0.6 is 0 Å². The molecule has 1 atom stereocenters. The predicted molar refractivity (Wildman–Crippen MR) is 50.0 cm³/mol. The Hall–Kier alpha value is -0.840. The van der Waals surface area contributed by atoms with Crippen molar-refractivity contribution in [2.24, 2.45) is 5.84 Å². The molecule has 0 spiro atoms. The Bertz CT molecular complexity index is 248. The van der Waals surface area contributed by atoms with Crippen LogP contribution in [0.5, 0.6) is 0 Å². The fourth-order valence-electron chi connectivity index (χ4n) is 1.12. The first kappa shape index (κ1) is 10.2. The van der Waals surface area contributed by atoms with E-state index in [0.717, 1.165) is 11.3 Å². The molecule has 0 saturated carbocycles. The monoisotopic (exact) mass is 184 g/mol. The zero-order valence-corrected chi connectivity index (χ0v) is 8.04. The quantitative estimate of drug-likeness (QED) is 0.532. The molecule has 0 radical (unpaired) electrons. The second kappa shape index (κ2) is 5.01. The van der Waals surface area contributed by atoms with Gasteiger partial charge in [-0.2, -0.15) is 0 Å². The van der Waals surface area contributed by atoms with Crippen LogP contribution < -0.4 is 11.3 Å². The highest BCUT2D eigenvalue weighted by molar-refractivity contribution is 5.16. The molecule has 3 N–H and O–H groups in total. The van der Waals surface area contributed by atoms with E-state index in [2.05, 4.69) is 5.43 Å². The van der Waals surface area contributed by atoms with Gasteiger partial charge in [0.15, 0.2) is 0 Å². The summed E-state index contributed by atoms with van der Waals surface area (Å²) < 4.78 is 10.4. The first-order valence-electron chi connectivity index (χ1n) is 4.36. The minimum Gasteiger partial charge on any atom is -0.469 e. The third-order valence-electron chi connectivity index (χ3n) is 1.84. The molecule has 4 heteroatoms. The summed E-state index contributed by atoms with van der Waals surface area (Å²) in [6.07, 6.45) is 1.69. The highest BCUT2D eigenvalue weighted by Crippen LogP contribution is 2.15. The number of nitrogens with two attached hydrogens (primary N) is 1. The molecular weight excluding hydrogens is 168 g/mol. The Kier molecular flexibility index (Phi) is 3.95. The lowest BCUT2D eigenvalue weighted by Gasteiger charge is -2.12. The average molecular weight is 184 g/mol. The van der Waals surface area contributed by atoms with Crippen molar-refractivity contribution in [3.8, 4) is 0 Å². The molecular formula is C9H16N2O2. The van der Waals surface area contributed by atoms with E-state index in [9.17, 15) is 0 Å². The maximum Gasteiger partial charge on any atom is 0.101 e. The Balaban J connectivity index is 2.56. The van der Waals surface area contributed by atoms with Gasteiger partial charge in [0.1, 0.15) is 5.76 Å². The first-order valence-corrected chi connectivity index (χ1v) is 4.36. The third-order valence-corrected chi connectivity index (χ3v) is 1.84. The number of hydrazine groups is 1. The molecule has 0 bridgehead atoms.